The molecule has 0 radical (unpaired) electrons. The van der Waals surface area contributed by atoms with E-state index in [0.717, 1.165) is 18.2 Å². The lowest BCUT2D eigenvalue weighted by atomic mass is 10.1. The average Bonchev–Trinajstić information content (AvgIpc) is 3.30. The largest absolute Gasteiger partial charge is 0.345 e. The van der Waals surface area contributed by atoms with Crippen LogP contribution in [0.2, 0.25) is 0 Å². The number of nitrogens with zero attached hydrogens (tertiary/aromatic N) is 4. The fourth-order valence-electron chi connectivity index (χ4n) is 2.40. The van der Waals surface area contributed by atoms with Gasteiger partial charge in [0.25, 0.3) is 5.91 Å². The number of hydrogen-bond donors (Lipinski definition) is 0. The minimum absolute atomic E-state index is 0.0297. The van der Waals surface area contributed by atoms with Crippen molar-refractivity contribution in [3.63, 3.8) is 0 Å². The van der Waals surface area contributed by atoms with Gasteiger partial charge in [-0.15, -0.1) is 10.2 Å². The second-order valence-electron chi connectivity index (χ2n) is 6.11. The molecule has 1 fully saturated rings. The highest BCUT2D eigenvalue weighted by Crippen LogP contribution is 2.42. The highest BCUT2D eigenvalue weighted by Gasteiger charge is 2.28. The molecule has 0 aliphatic heterocycles. The Labute approximate surface area is 140 Å². The van der Waals surface area contributed by atoms with Crippen LogP contribution in [0.1, 0.15) is 46.6 Å². The Bertz CT molecular complexity index is 676. The summed E-state index contributed by atoms with van der Waals surface area (Å²) in [6.07, 6.45) is 2.50. The number of aromatic nitrogens is 2. The first kappa shape index (κ1) is 15.9. The lowest BCUT2D eigenvalue weighted by molar-refractivity contribution is 0.0827. The molecule has 2 aromatic rings. The second kappa shape index (κ2) is 6.66. The van der Waals surface area contributed by atoms with Gasteiger partial charge < -0.3 is 9.80 Å². The van der Waals surface area contributed by atoms with E-state index in [1.807, 2.05) is 24.3 Å². The molecule has 1 aliphatic rings. The monoisotopic (exact) mass is 330 g/mol. The third kappa shape index (κ3) is 3.69. The fourth-order valence-corrected chi connectivity index (χ4v) is 3.47. The van der Waals surface area contributed by atoms with E-state index in [1.165, 1.54) is 23.4 Å². The van der Waals surface area contributed by atoms with Crippen molar-refractivity contribution in [2.24, 2.45) is 0 Å². The summed E-state index contributed by atoms with van der Waals surface area (Å²) in [5.41, 5.74) is 1.89. The molecule has 5 nitrogen and oxygen atoms in total. The summed E-state index contributed by atoms with van der Waals surface area (Å²) < 4.78 is 0. The molecule has 0 unspecified atom stereocenters. The molecule has 1 aromatic carbocycles. The van der Waals surface area contributed by atoms with Gasteiger partial charge in [-0.1, -0.05) is 23.5 Å². The smallest absolute Gasteiger partial charge is 0.253 e. The van der Waals surface area contributed by atoms with E-state index in [4.69, 9.17) is 0 Å². The van der Waals surface area contributed by atoms with Crippen molar-refractivity contribution in [2.45, 2.75) is 32.2 Å². The lowest BCUT2D eigenvalue weighted by Crippen LogP contribution is -2.23. The molecule has 1 heterocycles. The molecule has 23 heavy (non-hydrogen) atoms. The van der Waals surface area contributed by atoms with Gasteiger partial charge in [0.15, 0.2) is 0 Å². The Morgan fingerprint density at radius 2 is 1.91 bits per heavy atom. The van der Waals surface area contributed by atoms with Crippen molar-refractivity contribution in [2.75, 3.05) is 25.5 Å². The molecule has 1 aromatic heterocycles. The number of carbonyl (C=O) groups is 1. The first-order valence-corrected chi connectivity index (χ1v) is 8.79. The molecular formula is C17H22N4OS. The standard InChI is InChI=1S/C17H22N4OS/c1-4-21(17-19-18-15(23-17)13-9-10-13)11-12-5-7-14(8-6-12)16(22)20(2)3/h5-8,13H,4,9-11H2,1-3H3. The maximum Gasteiger partial charge on any atom is 0.253 e. The van der Waals surface area contributed by atoms with E-state index in [1.54, 1.807) is 30.3 Å². The van der Waals surface area contributed by atoms with Crippen LogP contribution in [0.5, 0.6) is 0 Å². The molecule has 1 amide bonds. The van der Waals surface area contributed by atoms with Crippen LogP contribution >= 0.6 is 11.3 Å². The molecule has 3 rings (SSSR count). The maximum atomic E-state index is 11.9. The van der Waals surface area contributed by atoms with Crippen molar-refractivity contribution in [1.82, 2.24) is 15.1 Å². The summed E-state index contributed by atoms with van der Waals surface area (Å²) in [5, 5.41) is 10.8. The van der Waals surface area contributed by atoms with Crippen LogP contribution in [-0.2, 0) is 6.54 Å². The lowest BCUT2D eigenvalue weighted by Gasteiger charge is -2.19. The third-order valence-electron chi connectivity index (χ3n) is 3.99. The van der Waals surface area contributed by atoms with Crippen LogP contribution in [0.4, 0.5) is 5.13 Å². The van der Waals surface area contributed by atoms with Gasteiger partial charge in [0.05, 0.1) is 0 Å². The van der Waals surface area contributed by atoms with Gasteiger partial charge in [-0.05, 0) is 37.5 Å². The van der Waals surface area contributed by atoms with E-state index in [-0.39, 0.29) is 5.91 Å². The van der Waals surface area contributed by atoms with Crippen LogP contribution in [0.3, 0.4) is 0 Å². The predicted molar refractivity (Wildman–Crippen MR) is 93.1 cm³/mol. The van der Waals surface area contributed by atoms with Gasteiger partial charge in [-0.2, -0.15) is 0 Å². The predicted octanol–water partition coefficient (Wildman–Crippen LogP) is 3.14. The Balaban J connectivity index is 1.69. The topological polar surface area (TPSA) is 49.3 Å². The van der Waals surface area contributed by atoms with Gasteiger partial charge in [-0.3, -0.25) is 4.79 Å². The minimum Gasteiger partial charge on any atom is -0.345 e. The normalized spacial score (nSPS) is 13.9. The Morgan fingerprint density at radius 1 is 1.22 bits per heavy atom. The summed E-state index contributed by atoms with van der Waals surface area (Å²) in [6.45, 7) is 3.80. The second-order valence-corrected chi connectivity index (χ2v) is 7.10. The van der Waals surface area contributed by atoms with E-state index >= 15 is 0 Å². The highest BCUT2D eigenvalue weighted by molar-refractivity contribution is 7.15. The molecule has 0 bridgehead atoms. The number of hydrogen-bond acceptors (Lipinski definition) is 5. The summed E-state index contributed by atoms with van der Waals surface area (Å²) in [6, 6.07) is 7.81. The number of anilines is 1. The molecule has 1 saturated carbocycles. The average molecular weight is 330 g/mol. The Hall–Kier alpha value is -1.95. The van der Waals surface area contributed by atoms with E-state index in [0.29, 0.717) is 11.5 Å². The van der Waals surface area contributed by atoms with Crippen LogP contribution in [0.25, 0.3) is 0 Å². The first-order valence-electron chi connectivity index (χ1n) is 7.97. The molecule has 1 aliphatic carbocycles. The molecule has 0 N–H and O–H groups in total. The van der Waals surface area contributed by atoms with Crippen molar-refractivity contribution >= 4 is 22.4 Å². The quantitative estimate of drug-likeness (QED) is 0.816. The summed E-state index contributed by atoms with van der Waals surface area (Å²) in [7, 11) is 3.53. The zero-order valence-electron chi connectivity index (χ0n) is 13.8. The molecular weight excluding hydrogens is 308 g/mol. The number of amides is 1. The molecule has 6 heteroatoms. The molecule has 122 valence electrons. The zero-order valence-corrected chi connectivity index (χ0v) is 14.6. The first-order chi connectivity index (χ1) is 11.1. The van der Waals surface area contributed by atoms with Crippen molar-refractivity contribution < 1.29 is 4.79 Å². The SMILES string of the molecule is CCN(Cc1ccc(C(=O)N(C)C)cc1)c1nnc(C2CC2)s1. The molecule has 0 saturated heterocycles. The summed E-state index contributed by atoms with van der Waals surface area (Å²) in [4.78, 5) is 15.7. The molecule has 0 atom stereocenters. The molecule has 0 spiro atoms. The van der Waals surface area contributed by atoms with Crippen molar-refractivity contribution in [3.8, 4) is 0 Å². The van der Waals surface area contributed by atoms with Gasteiger partial charge >= 0.3 is 0 Å². The van der Waals surface area contributed by atoms with Gasteiger partial charge in [0.1, 0.15) is 5.01 Å². The van der Waals surface area contributed by atoms with E-state index in [9.17, 15) is 4.79 Å². The fraction of sp³-hybridized carbons (Fsp3) is 0.471. The zero-order chi connectivity index (χ0) is 16.4. The Morgan fingerprint density at radius 3 is 2.48 bits per heavy atom. The van der Waals surface area contributed by atoms with E-state index in [2.05, 4.69) is 22.0 Å². The Kier molecular flexibility index (Phi) is 4.61. The third-order valence-corrected chi connectivity index (χ3v) is 5.14. The van der Waals surface area contributed by atoms with E-state index < -0.39 is 0 Å². The van der Waals surface area contributed by atoms with Crippen molar-refractivity contribution in [1.29, 1.82) is 0 Å². The van der Waals surface area contributed by atoms with Crippen LogP contribution in [0.15, 0.2) is 24.3 Å². The summed E-state index contributed by atoms with van der Waals surface area (Å²) in [5.74, 6) is 0.679. The van der Waals surface area contributed by atoms with Gasteiger partial charge in [0.2, 0.25) is 5.13 Å². The van der Waals surface area contributed by atoms with Gasteiger partial charge in [0, 0.05) is 38.7 Å². The maximum absolute atomic E-state index is 11.9. The highest BCUT2D eigenvalue weighted by atomic mass is 32.1. The van der Waals surface area contributed by atoms with Crippen LogP contribution in [-0.4, -0.2) is 41.6 Å². The van der Waals surface area contributed by atoms with Crippen molar-refractivity contribution in [3.05, 3.63) is 40.4 Å². The number of rotatable bonds is 6. The van der Waals surface area contributed by atoms with Crippen LogP contribution in [0, 0.1) is 0 Å². The number of benzene rings is 1. The minimum atomic E-state index is 0.0297. The summed E-state index contributed by atoms with van der Waals surface area (Å²) >= 11 is 1.71. The number of carbonyl (C=O) groups excluding carboxylic acids is 1. The van der Waals surface area contributed by atoms with Crippen LogP contribution < -0.4 is 4.90 Å². The van der Waals surface area contributed by atoms with Gasteiger partial charge in [-0.25, -0.2) is 0 Å².